The summed E-state index contributed by atoms with van der Waals surface area (Å²) in [7, 11) is 0. The van der Waals surface area contributed by atoms with E-state index in [0.717, 1.165) is 5.69 Å². The molecule has 0 fully saturated rings. The number of aryl methyl sites for hydroxylation is 2. The first-order chi connectivity index (χ1) is 10.3. The van der Waals surface area contributed by atoms with Crippen LogP contribution < -0.4 is 0 Å². The quantitative estimate of drug-likeness (QED) is 0.615. The summed E-state index contributed by atoms with van der Waals surface area (Å²) in [5.74, 6) is -1.38. The van der Waals surface area contributed by atoms with E-state index in [2.05, 4.69) is 10.1 Å². The van der Waals surface area contributed by atoms with Crippen molar-refractivity contribution in [3.05, 3.63) is 37.6 Å². The summed E-state index contributed by atoms with van der Waals surface area (Å²) in [4.78, 5) is 26.9. The molecule has 2 heterocycles. The van der Waals surface area contributed by atoms with Gasteiger partial charge in [-0.05, 0) is 20.8 Å². The van der Waals surface area contributed by atoms with Crippen molar-refractivity contribution in [3.63, 3.8) is 0 Å². The van der Waals surface area contributed by atoms with Gasteiger partial charge in [-0.15, -0.1) is 11.3 Å². The van der Waals surface area contributed by atoms with Crippen molar-refractivity contribution in [2.24, 2.45) is 0 Å². The van der Waals surface area contributed by atoms with E-state index in [9.17, 15) is 20.2 Å². The van der Waals surface area contributed by atoms with Gasteiger partial charge >= 0.3 is 5.69 Å². The minimum absolute atomic E-state index is 0.105. The fourth-order valence-corrected chi connectivity index (χ4v) is 2.98. The highest BCUT2D eigenvalue weighted by atomic mass is 32.1. The SMILES string of the molecule is Cc1csc([C@H](C#N)C(=O)Cn2nc(C)c([N+](=O)[O-])c2C)n1. The molecule has 2 rings (SSSR count). The third-order valence-electron chi connectivity index (χ3n) is 3.17. The zero-order valence-electron chi connectivity index (χ0n) is 12.2. The molecule has 114 valence electrons. The smallest absolute Gasteiger partial charge is 0.296 e. The molecule has 22 heavy (non-hydrogen) atoms. The summed E-state index contributed by atoms with van der Waals surface area (Å²) in [5, 5.41) is 26.4. The molecular weight excluding hydrogens is 306 g/mol. The number of aromatic nitrogens is 3. The van der Waals surface area contributed by atoms with Crippen molar-refractivity contribution in [1.82, 2.24) is 14.8 Å². The molecule has 0 saturated heterocycles. The standard InChI is InChI=1S/C13H13N5O3S/c1-7-6-22-13(15-7)10(4-14)11(19)5-17-9(3)12(18(20)21)8(2)16-17/h6,10H,5H2,1-3H3/t10-/m1/s1. The number of rotatable bonds is 5. The maximum absolute atomic E-state index is 12.3. The number of hydrogen-bond acceptors (Lipinski definition) is 7. The molecule has 9 heteroatoms. The lowest BCUT2D eigenvalue weighted by Crippen LogP contribution is -2.19. The first kappa shape index (κ1) is 15.8. The molecule has 0 aromatic carbocycles. The van der Waals surface area contributed by atoms with Crippen LogP contribution in [0.2, 0.25) is 0 Å². The summed E-state index contributed by atoms with van der Waals surface area (Å²) < 4.78 is 1.26. The fourth-order valence-electron chi connectivity index (χ4n) is 2.11. The van der Waals surface area contributed by atoms with Gasteiger partial charge in [0, 0.05) is 11.1 Å². The van der Waals surface area contributed by atoms with E-state index in [1.165, 1.54) is 29.9 Å². The molecule has 2 aromatic heterocycles. The summed E-state index contributed by atoms with van der Waals surface area (Å²) in [5.41, 5.74) is 1.18. The maximum atomic E-state index is 12.3. The summed E-state index contributed by atoms with van der Waals surface area (Å²) in [6.07, 6.45) is 0. The molecule has 0 unspecified atom stereocenters. The van der Waals surface area contributed by atoms with Crippen LogP contribution in [0.1, 0.15) is 28.0 Å². The number of carbonyl (C=O) groups is 1. The molecule has 8 nitrogen and oxygen atoms in total. The van der Waals surface area contributed by atoms with E-state index in [1.807, 2.05) is 6.07 Å². The summed E-state index contributed by atoms with van der Waals surface area (Å²) in [6.45, 7) is 4.62. The average molecular weight is 319 g/mol. The van der Waals surface area contributed by atoms with Crippen LogP contribution in [0.3, 0.4) is 0 Å². The highest BCUT2D eigenvalue weighted by Gasteiger charge is 2.27. The lowest BCUT2D eigenvalue weighted by Gasteiger charge is -2.06. The lowest BCUT2D eigenvalue weighted by atomic mass is 10.1. The molecule has 0 saturated carbocycles. The Labute approximate surface area is 130 Å². The van der Waals surface area contributed by atoms with E-state index < -0.39 is 16.6 Å². The Balaban J connectivity index is 2.27. The van der Waals surface area contributed by atoms with Gasteiger partial charge in [0.1, 0.15) is 22.9 Å². The Bertz CT molecular complexity index is 786. The van der Waals surface area contributed by atoms with Gasteiger partial charge in [-0.2, -0.15) is 10.4 Å². The zero-order chi connectivity index (χ0) is 16.4. The highest BCUT2D eigenvalue weighted by molar-refractivity contribution is 7.09. The van der Waals surface area contributed by atoms with Crippen LogP contribution in [0.25, 0.3) is 0 Å². The molecule has 0 spiro atoms. The zero-order valence-corrected chi connectivity index (χ0v) is 13.0. The molecule has 0 aliphatic carbocycles. The van der Waals surface area contributed by atoms with Gasteiger partial charge in [0.2, 0.25) is 0 Å². The molecule has 0 bridgehead atoms. The predicted molar refractivity (Wildman–Crippen MR) is 78.6 cm³/mol. The normalized spacial score (nSPS) is 11.9. The molecule has 1 atom stereocenters. The average Bonchev–Trinajstić information content (AvgIpc) is 2.95. The van der Waals surface area contributed by atoms with Crippen LogP contribution in [0.4, 0.5) is 5.69 Å². The van der Waals surface area contributed by atoms with E-state index >= 15 is 0 Å². The number of hydrogen-bond donors (Lipinski definition) is 0. The molecule has 0 aliphatic heterocycles. The summed E-state index contributed by atoms with van der Waals surface area (Å²) >= 11 is 1.25. The maximum Gasteiger partial charge on any atom is 0.312 e. The Kier molecular flexibility index (Phi) is 4.32. The first-order valence-electron chi connectivity index (χ1n) is 6.38. The number of ketones is 1. The highest BCUT2D eigenvalue weighted by Crippen LogP contribution is 2.24. The minimum atomic E-state index is -0.985. The number of nitro groups is 1. The van der Waals surface area contributed by atoms with E-state index in [1.54, 1.807) is 12.3 Å². The second-order valence-corrected chi connectivity index (χ2v) is 5.68. The van der Waals surface area contributed by atoms with E-state index in [4.69, 9.17) is 0 Å². The Morgan fingerprint density at radius 1 is 1.55 bits per heavy atom. The summed E-state index contributed by atoms with van der Waals surface area (Å²) in [6, 6.07) is 1.94. The predicted octanol–water partition coefficient (Wildman–Crippen LogP) is 2.05. The molecule has 0 radical (unpaired) electrons. The van der Waals surface area contributed by atoms with Gasteiger partial charge in [0.15, 0.2) is 11.7 Å². The van der Waals surface area contributed by atoms with Gasteiger partial charge in [-0.1, -0.05) is 0 Å². The topological polar surface area (TPSA) is 115 Å². The van der Waals surface area contributed by atoms with E-state index in [-0.39, 0.29) is 17.9 Å². The Morgan fingerprint density at radius 2 is 2.23 bits per heavy atom. The van der Waals surface area contributed by atoms with Crippen molar-refractivity contribution in [2.75, 3.05) is 0 Å². The minimum Gasteiger partial charge on any atom is -0.296 e. The van der Waals surface area contributed by atoms with Gasteiger partial charge in [-0.3, -0.25) is 19.6 Å². The Hall–Kier alpha value is -2.60. The van der Waals surface area contributed by atoms with Crippen molar-refractivity contribution < 1.29 is 9.72 Å². The third-order valence-corrected chi connectivity index (χ3v) is 4.19. The van der Waals surface area contributed by atoms with Crippen molar-refractivity contribution in [2.45, 2.75) is 33.2 Å². The van der Waals surface area contributed by atoms with Crippen molar-refractivity contribution in [1.29, 1.82) is 5.26 Å². The van der Waals surface area contributed by atoms with Crippen molar-refractivity contribution >= 4 is 22.8 Å². The van der Waals surface area contributed by atoms with Gasteiger partial charge in [-0.25, -0.2) is 4.98 Å². The number of nitriles is 1. The van der Waals surface area contributed by atoms with Crippen LogP contribution in [0, 0.1) is 42.2 Å². The monoisotopic (exact) mass is 319 g/mol. The first-order valence-corrected chi connectivity index (χ1v) is 7.25. The molecule has 2 aromatic rings. The number of Topliss-reactive ketones (excluding diaryl/α,β-unsaturated/α-hetero) is 1. The lowest BCUT2D eigenvalue weighted by molar-refractivity contribution is -0.386. The third kappa shape index (κ3) is 2.87. The van der Waals surface area contributed by atoms with Crippen LogP contribution in [-0.4, -0.2) is 25.5 Å². The number of carbonyl (C=O) groups excluding carboxylic acids is 1. The van der Waals surface area contributed by atoms with Crippen LogP contribution in [0.15, 0.2) is 5.38 Å². The molecule has 0 aliphatic rings. The van der Waals surface area contributed by atoms with Crippen LogP contribution >= 0.6 is 11.3 Å². The molecule has 0 N–H and O–H groups in total. The second kappa shape index (κ2) is 6.03. The van der Waals surface area contributed by atoms with Crippen molar-refractivity contribution in [3.8, 4) is 6.07 Å². The largest absolute Gasteiger partial charge is 0.312 e. The number of thiazole rings is 1. The van der Waals surface area contributed by atoms with Gasteiger partial charge < -0.3 is 0 Å². The van der Waals surface area contributed by atoms with Gasteiger partial charge in [0.25, 0.3) is 0 Å². The molecule has 0 amide bonds. The Morgan fingerprint density at radius 3 is 2.68 bits per heavy atom. The number of nitrogens with zero attached hydrogens (tertiary/aromatic N) is 5. The fraction of sp³-hybridized carbons (Fsp3) is 0.385. The van der Waals surface area contributed by atoms with Crippen LogP contribution in [-0.2, 0) is 11.3 Å². The van der Waals surface area contributed by atoms with E-state index in [0.29, 0.717) is 10.7 Å². The van der Waals surface area contributed by atoms with Crippen LogP contribution in [0.5, 0.6) is 0 Å². The van der Waals surface area contributed by atoms with Gasteiger partial charge in [0.05, 0.1) is 11.0 Å². The molecular formula is C13H13N5O3S. The second-order valence-electron chi connectivity index (χ2n) is 4.79.